The number of carboxylic acid groups (broad SMARTS) is 1. The fourth-order valence-corrected chi connectivity index (χ4v) is 2.75. The number of aromatic carboxylic acids is 1. The fourth-order valence-electron chi connectivity index (χ4n) is 2.38. The van der Waals surface area contributed by atoms with Crippen LogP contribution in [0.5, 0.6) is 5.75 Å². The Morgan fingerprint density at radius 2 is 1.84 bits per heavy atom. The average Bonchev–Trinajstić information content (AvgIpc) is 2.55. The molecule has 0 heterocycles. The smallest absolute Gasteiger partial charge is 0.337 e. The van der Waals surface area contributed by atoms with Gasteiger partial charge in [0.15, 0.2) is 0 Å². The van der Waals surface area contributed by atoms with Gasteiger partial charge in [0.05, 0.1) is 12.2 Å². The first-order valence-corrected chi connectivity index (χ1v) is 9.07. The SMILES string of the molecule is CC(C)(C)c1ccc(OCCCNc2ccc(Br)cc2C(=O)O)cc1. The van der Waals surface area contributed by atoms with E-state index >= 15 is 0 Å². The van der Waals surface area contributed by atoms with E-state index < -0.39 is 5.97 Å². The molecule has 0 bridgehead atoms. The van der Waals surface area contributed by atoms with Crippen molar-refractivity contribution in [2.45, 2.75) is 32.6 Å². The topological polar surface area (TPSA) is 58.6 Å². The highest BCUT2D eigenvalue weighted by molar-refractivity contribution is 9.10. The Labute approximate surface area is 157 Å². The number of ether oxygens (including phenoxy) is 1. The average molecular weight is 406 g/mol. The van der Waals surface area contributed by atoms with Gasteiger partial charge in [0, 0.05) is 16.7 Å². The van der Waals surface area contributed by atoms with Crippen LogP contribution in [0, 0.1) is 0 Å². The van der Waals surface area contributed by atoms with E-state index in [4.69, 9.17) is 4.74 Å². The number of carboxylic acids is 1. The van der Waals surface area contributed by atoms with Crippen LogP contribution in [-0.2, 0) is 5.41 Å². The quantitative estimate of drug-likeness (QED) is 0.611. The first kappa shape index (κ1) is 19.3. The summed E-state index contributed by atoms with van der Waals surface area (Å²) in [4.78, 5) is 11.3. The van der Waals surface area contributed by atoms with Crippen molar-refractivity contribution < 1.29 is 14.6 Å². The number of anilines is 1. The maximum Gasteiger partial charge on any atom is 0.337 e. The predicted molar refractivity (Wildman–Crippen MR) is 105 cm³/mol. The second-order valence-electron chi connectivity index (χ2n) is 6.90. The maximum absolute atomic E-state index is 11.3. The Hall–Kier alpha value is -2.01. The Kier molecular flexibility index (Phi) is 6.48. The summed E-state index contributed by atoms with van der Waals surface area (Å²) < 4.78 is 6.49. The minimum absolute atomic E-state index is 0.134. The van der Waals surface area contributed by atoms with E-state index in [0.717, 1.165) is 16.6 Å². The molecule has 0 saturated heterocycles. The molecule has 0 radical (unpaired) electrons. The number of benzene rings is 2. The molecule has 2 N–H and O–H groups in total. The number of nitrogens with one attached hydrogen (secondary N) is 1. The zero-order chi connectivity index (χ0) is 18.4. The normalized spacial score (nSPS) is 11.2. The van der Waals surface area contributed by atoms with Crippen molar-refractivity contribution in [1.29, 1.82) is 0 Å². The molecule has 2 aromatic carbocycles. The van der Waals surface area contributed by atoms with Crippen LogP contribution in [0.1, 0.15) is 43.1 Å². The Morgan fingerprint density at radius 3 is 2.44 bits per heavy atom. The van der Waals surface area contributed by atoms with Crippen molar-refractivity contribution in [3.05, 3.63) is 58.1 Å². The summed E-state index contributed by atoms with van der Waals surface area (Å²) in [7, 11) is 0. The van der Waals surface area contributed by atoms with Gasteiger partial charge < -0.3 is 15.2 Å². The minimum atomic E-state index is -0.945. The van der Waals surface area contributed by atoms with Crippen molar-refractivity contribution in [2.75, 3.05) is 18.5 Å². The van der Waals surface area contributed by atoms with Crippen LogP contribution in [0.4, 0.5) is 5.69 Å². The molecular formula is C20H24BrNO3. The summed E-state index contributed by atoms with van der Waals surface area (Å²) in [6.45, 7) is 7.76. The number of hydrogen-bond acceptors (Lipinski definition) is 3. The van der Waals surface area contributed by atoms with Gasteiger partial charge in [-0.1, -0.05) is 48.8 Å². The molecule has 25 heavy (non-hydrogen) atoms. The summed E-state index contributed by atoms with van der Waals surface area (Å²) in [5.41, 5.74) is 2.28. The highest BCUT2D eigenvalue weighted by Crippen LogP contribution is 2.24. The lowest BCUT2D eigenvalue weighted by molar-refractivity contribution is 0.0698. The molecule has 0 fully saturated rings. The van der Waals surface area contributed by atoms with Gasteiger partial charge >= 0.3 is 5.97 Å². The van der Waals surface area contributed by atoms with Gasteiger partial charge in [0.1, 0.15) is 5.75 Å². The molecular weight excluding hydrogens is 382 g/mol. The maximum atomic E-state index is 11.3. The third kappa shape index (κ3) is 5.78. The first-order chi connectivity index (χ1) is 11.8. The van der Waals surface area contributed by atoms with E-state index in [9.17, 15) is 9.90 Å². The van der Waals surface area contributed by atoms with Gasteiger partial charge in [-0.3, -0.25) is 0 Å². The van der Waals surface area contributed by atoms with Crippen LogP contribution in [0.15, 0.2) is 46.9 Å². The Bertz CT molecular complexity index is 721. The van der Waals surface area contributed by atoms with Gasteiger partial charge in [-0.2, -0.15) is 0 Å². The molecule has 0 atom stereocenters. The van der Waals surface area contributed by atoms with Crippen molar-refractivity contribution >= 4 is 27.6 Å². The lowest BCUT2D eigenvalue weighted by Gasteiger charge is -2.19. The van der Waals surface area contributed by atoms with E-state index in [1.54, 1.807) is 12.1 Å². The van der Waals surface area contributed by atoms with Gasteiger partial charge in [0.25, 0.3) is 0 Å². The molecule has 0 spiro atoms. The minimum Gasteiger partial charge on any atom is -0.494 e. The molecule has 2 rings (SSSR count). The number of halogens is 1. The standard InChI is InChI=1S/C20H24BrNO3/c1-20(2,3)14-5-8-16(9-6-14)25-12-4-11-22-18-10-7-15(21)13-17(18)19(23)24/h5-10,13,22H,4,11-12H2,1-3H3,(H,23,24). The van der Waals surface area contributed by atoms with E-state index in [1.807, 2.05) is 18.2 Å². The lowest BCUT2D eigenvalue weighted by Crippen LogP contribution is -2.11. The monoisotopic (exact) mass is 405 g/mol. The van der Waals surface area contributed by atoms with Gasteiger partial charge in [0.2, 0.25) is 0 Å². The fraction of sp³-hybridized carbons (Fsp3) is 0.350. The first-order valence-electron chi connectivity index (χ1n) is 8.27. The lowest BCUT2D eigenvalue weighted by atomic mass is 9.87. The molecule has 0 amide bonds. The van der Waals surface area contributed by atoms with E-state index in [1.165, 1.54) is 5.56 Å². The highest BCUT2D eigenvalue weighted by Gasteiger charge is 2.13. The van der Waals surface area contributed by atoms with Crippen LogP contribution in [0.2, 0.25) is 0 Å². The third-order valence-electron chi connectivity index (χ3n) is 3.84. The summed E-state index contributed by atoms with van der Waals surface area (Å²) in [5.74, 6) is -0.0955. The van der Waals surface area contributed by atoms with Crippen molar-refractivity contribution in [3.63, 3.8) is 0 Å². The van der Waals surface area contributed by atoms with Crippen LogP contribution < -0.4 is 10.1 Å². The number of rotatable bonds is 7. The van der Waals surface area contributed by atoms with Crippen molar-refractivity contribution in [3.8, 4) is 5.75 Å². The van der Waals surface area contributed by atoms with E-state index in [-0.39, 0.29) is 11.0 Å². The Balaban J connectivity index is 1.80. The molecule has 0 aliphatic carbocycles. The molecule has 2 aromatic rings. The third-order valence-corrected chi connectivity index (χ3v) is 4.33. The highest BCUT2D eigenvalue weighted by atomic mass is 79.9. The summed E-state index contributed by atoms with van der Waals surface area (Å²) in [6.07, 6.45) is 0.774. The molecule has 0 aromatic heterocycles. The van der Waals surface area contributed by atoms with Crippen LogP contribution in [0.3, 0.4) is 0 Å². The second-order valence-corrected chi connectivity index (χ2v) is 7.81. The molecule has 134 valence electrons. The summed E-state index contributed by atoms with van der Waals surface area (Å²) in [5, 5.41) is 12.4. The Morgan fingerprint density at radius 1 is 1.16 bits per heavy atom. The van der Waals surface area contributed by atoms with Crippen LogP contribution in [0.25, 0.3) is 0 Å². The van der Waals surface area contributed by atoms with Gasteiger partial charge in [-0.25, -0.2) is 4.79 Å². The summed E-state index contributed by atoms with van der Waals surface area (Å²) in [6, 6.07) is 13.3. The van der Waals surface area contributed by atoms with Crippen molar-refractivity contribution in [2.24, 2.45) is 0 Å². The zero-order valence-electron chi connectivity index (χ0n) is 14.8. The molecule has 0 unspecified atom stereocenters. The second kappa shape index (κ2) is 8.39. The molecule has 0 saturated carbocycles. The summed E-state index contributed by atoms with van der Waals surface area (Å²) >= 11 is 3.29. The largest absolute Gasteiger partial charge is 0.494 e. The van der Waals surface area contributed by atoms with Crippen molar-refractivity contribution in [1.82, 2.24) is 0 Å². The van der Waals surface area contributed by atoms with E-state index in [2.05, 4.69) is 54.2 Å². The predicted octanol–water partition coefficient (Wildman–Crippen LogP) is 5.33. The number of hydrogen-bond donors (Lipinski definition) is 2. The number of carbonyl (C=O) groups is 1. The molecule has 4 nitrogen and oxygen atoms in total. The molecule has 5 heteroatoms. The van der Waals surface area contributed by atoms with Crippen LogP contribution in [-0.4, -0.2) is 24.2 Å². The molecule has 0 aliphatic rings. The van der Waals surface area contributed by atoms with Crippen LogP contribution >= 0.6 is 15.9 Å². The van der Waals surface area contributed by atoms with Gasteiger partial charge in [-0.15, -0.1) is 0 Å². The van der Waals surface area contributed by atoms with E-state index in [0.29, 0.717) is 18.8 Å². The zero-order valence-corrected chi connectivity index (χ0v) is 16.4. The molecule has 0 aliphatic heterocycles. The van der Waals surface area contributed by atoms with Gasteiger partial charge in [-0.05, 0) is 47.7 Å².